The van der Waals surface area contributed by atoms with E-state index in [-0.39, 0.29) is 12.5 Å². The first-order valence-electron chi connectivity index (χ1n) is 5.26. The minimum absolute atomic E-state index is 0.00487. The van der Waals surface area contributed by atoms with Crippen molar-refractivity contribution in [2.24, 2.45) is 0 Å². The van der Waals surface area contributed by atoms with Crippen LogP contribution < -0.4 is 0 Å². The molecule has 0 aliphatic heterocycles. The average Bonchev–Trinajstić information content (AvgIpc) is 2.28. The molecule has 1 N–H and O–H groups in total. The molecule has 1 aromatic carbocycles. The highest BCUT2D eigenvalue weighted by atomic mass is 79.9. The Kier molecular flexibility index (Phi) is 4.96. The van der Waals surface area contributed by atoms with Crippen molar-refractivity contribution in [2.45, 2.75) is 13.8 Å². The van der Waals surface area contributed by atoms with Gasteiger partial charge < -0.3 is 10.0 Å². The van der Waals surface area contributed by atoms with Crippen LogP contribution in [0, 0.1) is 6.92 Å². The smallest absolute Gasteiger partial charge is 0.253 e. The molecule has 1 amide bonds. The largest absolute Gasteiger partial charge is 0.395 e. The van der Waals surface area contributed by atoms with Gasteiger partial charge in [-0.15, -0.1) is 0 Å². The summed E-state index contributed by atoms with van der Waals surface area (Å²) < 4.78 is 0.995. The monoisotopic (exact) mass is 285 g/mol. The molecule has 0 atom stereocenters. The van der Waals surface area contributed by atoms with Gasteiger partial charge in [0.2, 0.25) is 0 Å². The average molecular weight is 286 g/mol. The summed E-state index contributed by atoms with van der Waals surface area (Å²) >= 11 is 3.40. The Bertz CT molecular complexity index is 379. The molecule has 0 saturated heterocycles. The zero-order valence-electron chi connectivity index (χ0n) is 9.53. The molecule has 3 nitrogen and oxygen atoms in total. The molecule has 0 saturated carbocycles. The first-order valence-corrected chi connectivity index (χ1v) is 6.05. The summed E-state index contributed by atoms with van der Waals surface area (Å²) in [6.45, 7) is 4.83. The fourth-order valence-corrected chi connectivity index (χ4v) is 1.73. The molecule has 0 heterocycles. The van der Waals surface area contributed by atoms with E-state index in [2.05, 4.69) is 15.9 Å². The van der Waals surface area contributed by atoms with Gasteiger partial charge in [0, 0.05) is 23.1 Å². The van der Waals surface area contributed by atoms with E-state index in [0.29, 0.717) is 18.7 Å². The molecule has 1 rings (SSSR count). The van der Waals surface area contributed by atoms with Crippen molar-refractivity contribution in [3.8, 4) is 0 Å². The van der Waals surface area contributed by atoms with Crippen molar-refractivity contribution < 1.29 is 9.90 Å². The highest BCUT2D eigenvalue weighted by Gasteiger charge is 2.13. The van der Waals surface area contributed by atoms with E-state index in [4.69, 9.17) is 5.11 Å². The van der Waals surface area contributed by atoms with Crippen molar-refractivity contribution in [3.63, 3.8) is 0 Å². The maximum atomic E-state index is 12.0. The first-order chi connectivity index (χ1) is 7.60. The van der Waals surface area contributed by atoms with E-state index in [1.807, 2.05) is 26.0 Å². The van der Waals surface area contributed by atoms with Crippen molar-refractivity contribution in [1.82, 2.24) is 4.90 Å². The lowest BCUT2D eigenvalue weighted by Crippen LogP contribution is -2.33. The second-order valence-electron chi connectivity index (χ2n) is 3.57. The number of halogens is 1. The molecule has 1 aromatic rings. The normalized spacial score (nSPS) is 10.2. The number of hydrogen-bond acceptors (Lipinski definition) is 2. The van der Waals surface area contributed by atoms with Gasteiger partial charge in [0.25, 0.3) is 5.91 Å². The molecule has 0 aromatic heterocycles. The minimum atomic E-state index is -0.0350. The van der Waals surface area contributed by atoms with Gasteiger partial charge in [-0.05, 0) is 37.6 Å². The van der Waals surface area contributed by atoms with Crippen molar-refractivity contribution in [1.29, 1.82) is 0 Å². The number of rotatable bonds is 4. The maximum Gasteiger partial charge on any atom is 0.253 e. The van der Waals surface area contributed by atoms with Gasteiger partial charge in [-0.2, -0.15) is 0 Å². The Balaban J connectivity index is 2.90. The Hall–Kier alpha value is -0.870. The third-order valence-electron chi connectivity index (χ3n) is 2.44. The second kappa shape index (κ2) is 6.01. The molecule has 16 heavy (non-hydrogen) atoms. The van der Waals surface area contributed by atoms with Crippen molar-refractivity contribution >= 4 is 21.8 Å². The van der Waals surface area contributed by atoms with Gasteiger partial charge in [-0.3, -0.25) is 4.79 Å². The number of aliphatic hydroxyl groups is 1. The number of aryl methyl sites for hydroxylation is 1. The molecule has 0 radical (unpaired) electrons. The Morgan fingerprint density at radius 2 is 2.19 bits per heavy atom. The van der Waals surface area contributed by atoms with Crippen LogP contribution in [-0.4, -0.2) is 35.6 Å². The molecule has 0 spiro atoms. The van der Waals surface area contributed by atoms with Gasteiger partial charge in [0.15, 0.2) is 0 Å². The van der Waals surface area contributed by atoms with E-state index < -0.39 is 0 Å². The van der Waals surface area contributed by atoms with E-state index in [9.17, 15) is 4.79 Å². The fraction of sp³-hybridized carbons (Fsp3) is 0.417. The number of carbonyl (C=O) groups is 1. The van der Waals surface area contributed by atoms with E-state index in [1.165, 1.54) is 0 Å². The molecule has 0 aliphatic carbocycles. The van der Waals surface area contributed by atoms with Crippen LogP contribution >= 0.6 is 15.9 Å². The van der Waals surface area contributed by atoms with Crippen molar-refractivity contribution in [3.05, 3.63) is 33.8 Å². The van der Waals surface area contributed by atoms with Gasteiger partial charge >= 0.3 is 0 Å². The molecular formula is C12H16BrNO2. The molecule has 0 unspecified atom stereocenters. The van der Waals surface area contributed by atoms with Crippen LogP contribution in [0.25, 0.3) is 0 Å². The van der Waals surface area contributed by atoms with Crippen molar-refractivity contribution in [2.75, 3.05) is 19.7 Å². The zero-order valence-corrected chi connectivity index (χ0v) is 11.1. The minimum Gasteiger partial charge on any atom is -0.395 e. The fourth-order valence-electron chi connectivity index (χ4n) is 1.48. The number of hydrogen-bond donors (Lipinski definition) is 1. The lowest BCUT2D eigenvalue weighted by Gasteiger charge is -2.19. The predicted octanol–water partition coefficient (Wildman–Crippen LogP) is 2.21. The standard InChI is InChI=1S/C12H16BrNO2/c1-3-14(6-7-15)12(16)10-4-5-11(13)9(2)8-10/h4-5,8,15H,3,6-7H2,1-2H3. The summed E-state index contributed by atoms with van der Waals surface area (Å²) in [5.41, 5.74) is 1.70. The number of carbonyl (C=O) groups excluding carboxylic acids is 1. The molecule has 0 aliphatic rings. The van der Waals surface area contributed by atoms with E-state index in [1.54, 1.807) is 11.0 Å². The predicted molar refractivity (Wildman–Crippen MR) is 67.5 cm³/mol. The lowest BCUT2D eigenvalue weighted by molar-refractivity contribution is 0.0732. The van der Waals surface area contributed by atoms with Crippen LogP contribution in [0.5, 0.6) is 0 Å². The summed E-state index contributed by atoms with van der Waals surface area (Å²) in [5, 5.41) is 8.86. The maximum absolute atomic E-state index is 12.0. The number of nitrogens with zero attached hydrogens (tertiary/aromatic N) is 1. The highest BCUT2D eigenvalue weighted by molar-refractivity contribution is 9.10. The van der Waals surface area contributed by atoms with E-state index >= 15 is 0 Å². The third-order valence-corrected chi connectivity index (χ3v) is 3.33. The van der Waals surface area contributed by atoms with Gasteiger partial charge in [0.1, 0.15) is 0 Å². The molecule has 0 bridgehead atoms. The zero-order chi connectivity index (χ0) is 12.1. The molecule has 88 valence electrons. The lowest BCUT2D eigenvalue weighted by atomic mass is 10.1. The SMILES string of the molecule is CCN(CCO)C(=O)c1ccc(Br)c(C)c1. The number of likely N-dealkylation sites (N-methyl/N-ethyl adjacent to an activating group) is 1. The van der Waals surface area contributed by atoms with Gasteiger partial charge in [0.05, 0.1) is 6.61 Å². The third kappa shape index (κ3) is 3.06. The summed E-state index contributed by atoms with van der Waals surface area (Å²) in [5.74, 6) is -0.0350. The van der Waals surface area contributed by atoms with Crippen LogP contribution in [0.1, 0.15) is 22.8 Å². The first kappa shape index (κ1) is 13.2. The quantitative estimate of drug-likeness (QED) is 0.922. The molecule has 4 heteroatoms. The summed E-state index contributed by atoms with van der Waals surface area (Å²) in [6, 6.07) is 5.52. The summed E-state index contributed by atoms with van der Waals surface area (Å²) in [4.78, 5) is 13.7. The van der Waals surface area contributed by atoms with Crippen LogP contribution in [0.3, 0.4) is 0 Å². The number of amides is 1. The Morgan fingerprint density at radius 1 is 1.50 bits per heavy atom. The Morgan fingerprint density at radius 3 is 2.69 bits per heavy atom. The van der Waals surface area contributed by atoms with Gasteiger partial charge in [-0.1, -0.05) is 15.9 Å². The van der Waals surface area contributed by atoms with Crippen LogP contribution in [0.4, 0.5) is 0 Å². The Labute approximate surface area is 104 Å². The summed E-state index contributed by atoms with van der Waals surface area (Å²) in [6.07, 6.45) is 0. The topological polar surface area (TPSA) is 40.5 Å². The molecule has 0 fully saturated rings. The number of benzene rings is 1. The second-order valence-corrected chi connectivity index (χ2v) is 4.43. The molecular weight excluding hydrogens is 270 g/mol. The summed E-state index contributed by atoms with van der Waals surface area (Å²) in [7, 11) is 0. The van der Waals surface area contributed by atoms with E-state index in [0.717, 1.165) is 10.0 Å². The van der Waals surface area contributed by atoms with Crippen LogP contribution in [0.2, 0.25) is 0 Å². The van der Waals surface area contributed by atoms with Crippen LogP contribution in [-0.2, 0) is 0 Å². The highest BCUT2D eigenvalue weighted by Crippen LogP contribution is 2.18. The van der Waals surface area contributed by atoms with Gasteiger partial charge in [-0.25, -0.2) is 0 Å². The number of aliphatic hydroxyl groups excluding tert-OH is 1. The van der Waals surface area contributed by atoms with Crippen LogP contribution in [0.15, 0.2) is 22.7 Å².